The van der Waals surface area contributed by atoms with Crippen molar-refractivity contribution in [3.05, 3.63) is 83.6 Å². The fourth-order valence-corrected chi connectivity index (χ4v) is 3.83. The van der Waals surface area contributed by atoms with E-state index in [2.05, 4.69) is 25.9 Å². The Morgan fingerprint density at radius 2 is 2.08 bits per heavy atom. The van der Waals surface area contributed by atoms with E-state index in [0.717, 1.165) is 18.2 Å². The van der Waals surface area contributed by atoms with Crippen molar-refractivity contribution in [2.45, 2.75) is 25.9 Å². The van der Waals surface area contributed by atoms with Gasteiger partial charge in [0, 0.05) is 30.2 Å². The molecule has 1 aromatic carbocycles. The minimum atomic E-state index is -4.74. The number of urea groups is 1. The maximum atomic E-state index is 13.5. The van der Waals surface area contributed by atoms with Crippen LogP contribution >= 0.6 is 0 Å². The Bertz CT molecular complexity index is 1480. The van der Waals surface area contributed by atoms with E-state index < -0.39 is 23.7 Å². The molecule has 11 nitrogen and oxygen atoms in total. The molecule has 0 bridgehead atoms. The predicted octanol–water partition coefficient (Wildman–Crippen LogP) is 2.84. The highest BCUT2D eigenvalue weighted by atomic mass is 19.4. The monoisotopic (exact) mass is 527 g/mol. The van der Waals surface area contributed by atoms with E-state index in [9.17, 15) is 23.1 Å². The van der Waals surface area contributed by atoms with Crippen LogP contribution in [0.15, 0.2) is 70.6 Å². The van der Waals surface area contributed by atoms with E-state index in [0.29, 0.717) is 24.5 Å². The summed E-state index contributed by atoms with van der Waals surface area (Å²) in [4.78, 5) is 20.5. The molecule has 14 heteroatoms. The van der Waals surface area contributed by atoms with E-state index in [1.807, 2.05) is 4.57 Å². The Balaban J connectivity index is 1.33. The summed E-state index contributed by atoms with van der Waals surface area (Å²) in [7, 11) is 0. The molecule has 2 N–H and O–H groups in total. The van der Waals surface area contributed by atoms with Crippen LogP contribution in [0.2, 0.25) is 0 Å². The smallest absolute Gasteiger partial charge is 0.416 e. The van der Waals surface area contributed by atoms with Gasteiger partial charge in [-0.15, -0.1) is 0 Å². The van der Waals surface area contributed by atoms with Crippen LogP contribution in [0.4, 0.5) is 35.2 Å². The molecule has 2 amide bonds. The number of aromatic nitrogens is 4. The summed E-state index contributed by atoms with van der Waals surface area (Å²) in [6, 6.07) is 8.64. The summed E-state index contributed by atoms with van der Waals surface area (Å²) in [5.41, 5.74) is -0.0562. The molecule has 5 rings (SSSR count). The summed E-state index contributed by atoms with van der Waals surface area (Å²) in [5.74, 6) is -0.774. The number of anilines is 2. The topological polar surface area (TPSA) is 134 Å². The summed E-state index contributed by atoms with van der Waals surface area (Å²) < 4.78 is 54.3. The molecule has 1 aliphatic heterocycles. The molecule has 0 atom stereocenters. The Hall–Kier alpha value is -4.72. The van der Waals surface area contributed by atoms with Gasteiger partial charge in [0.15, 0.2) is 0 Å². The Kier molecular flexibility index (Phi) is 6.79. The van der Waals surface area contributed by atoms with Crippen LogP contribution < -0.4 is 20.4 Å². The first-order valence-corrected chi connectivity index (χ1v) is 11.3. The van der Waals surface area contributed by atoms with Crippen molar-refractivity contribution in [3.8, 4) is 0 Å². The minimum Gasteiger partial charge on any atom is -0.858 e. The first kappa shape index (κ1) is 25.0. The molecule has 0 saturated carbocycles. The number of nitrogens with zero attached hydrogens (tertiary/aromatic N) is 5. The number of aliphatic imine (C=N–C) groups is 1. The van der Waals surface area contributed by atoms with Gasteiger partial charge in [-0.25, -0.2) is 4.79 Å². The molecule has 1 aliphatic rings. The number of carbonyl (C=O) groups excluding carboxylic acids is 1. The molecule has 196 valence electrons. The lowest BCUT2D eigenvalue weighted by atomic mass is 10.1. The highest BCUT2D eigenvalue weighted by molar-refractivity contribution is 5.99. The van der Waals surface area contributed by atoms with Crippen LogP contribution in [0.3, 0.4) is 0 Å². The van der Waals surface area contributed by atoms with Crippen LogP contribution in [0.1, 0.15) is 22.5 Å². The standard InChI is InChI=1S/C24H20F3N7O4/c25-24(26,27)15-9-17(29-22(35)19-4-6-33-7-8-37-14-20(19)33)11-18(10-15)30-23(36)31-21-13-34(32-38-21)12-16-3-1-2-5-28-16/h1-6,9-11,13H,7-8,12,14H2,(H2-,29,30,31,32,35,36). The highest BCUT2D eigenvalue weighted by Gasteiger charge is 2.31. The summed E-state index contributed by atoms with van der Waals surface area (Å²) >= 11 is 0. The zero-order valence-corrected chi connectivity index (χ0v) is 19.6. The third-order valence-corrected chi connectivity index (χ3v) is 5.56. The zero-order valence-electron chi connectivity index (χ0n) is 19.6. The maximum Gasteiger partial charge on any atom is 0.416 e. The number of alkyl halides is 3. The third-order valence-electron chi connectivity index (χ3n) is 5.56. The van der Waals surface area contributed by atoms with Crippen LogP contribution in [0, 0.1) is 0 Å². The van der Waals surface area contributed by atoms with Gasteiger partial charge in [0.25, 0.3) is 6.20 Å². The quantitative estimate of drug-likeness (QED) is 0.225. The van der Waals surface area contributed by atoms with Crippen LogP contribution in [0.25, 0.3) is 0 Å². The first-order chi connectivity index (χ1) is 18.2. The van der Waals surface area contributed by atoms with Crippen molar-refractivity contribution in [1.29, 1.82) is 0 Å². The van der Waals surface area contributed by atoms with Gasteiger partial charge in [-0.05, 0) is 47.0 Å². The summed E-state index contributed by atoms with van der Waals surface area (Å²) in [5, 5.41) is 21.2. The number of fused-ring (bicyclic) bond motifs is 1. The van der Waals surface area contributed by atoms with Gasteiger partial charge in [-0.1, -0.05) is 6.07 Å². The molecule has 0 unspecified atom stereocenters. The lowest BCUT2D eigenvalue weighted by molar-refractivity contribution is -0.755. The summed E-state index contributed by atoms with van der Waals surface area (Å²) in [6.07, 6.45) is -0.0326. The number of nitrogens with one attached hydrogen (secondary N) is 2. The highest BCUT2D eigenvalue weighted by Crippen LogP contribution is 2.34. The average Bonchev–Trinajstić information content (AvgIpc) is 3.50. The van der Waals surface area contributed by atoms with Crippen LogP contribution in [0.5, 0.6) is 0 Å². The largest absolute Gasteiger partial charge is 0.858 e. The maximum absolute atomic E-state index is 13.5. The molecule has 3 aromatic heterocycles. The van der Waals surface area contributed by atoms with Gasteiger partial charge in [0.1, 0.15) is 5.69 Å². The number of halogens is 3. The van der Waals surface area contributed by atoms with Gasteiger partial charge in [0.2, 0.25) is 11.8 Å². The van der Waals surface area contributed by atoms with Crippen LogP contribution in [-0.4, -0.2) is 33.4 Å². The number of pyridine rings is 1. The number of hydrogen-bond acceptors (Lipinski definition) is 7. The SMILES string of the molecule is O=C(Nc1cc(N=C([O-])c2ccn3c2COCC3)cc(C(F)(F)F)c1)Nc1c[n+](Cc2ccccn2)no1. The minimum absolute atomic E-state index is 0.0498. The molecule has 0 saturated heterocycles. The molecule has 0 spiro atoms. The Labute approximate surface area is 213 Å². The second-order valence-corrected chi connectivity index (χ2v) is 8.27. The van der Waals surface area contributed by atoms with E-state index in [-0.39, 0.29) is 36.0 Å². The number of hydrogen-bond donors (Lipinski definition) is 2. The first-order valence-electron chi connectivity index (χ1n) is 11.3. The van der Waals surface area contributed by atoms with Gasteiger partial charge in [0.05, 0.1) is 30.2 Å². The molecule has 38 heavy (non-hydrogen) atoms. The fourth-order valence-electron chi connectivity index (χ4n) is 3.83. The summed E-state index contributed by atoms with van der Waals surface area (Å²) in [6.45, 7) is 1.53. The van der Waals surface area contributed by atoms with Crippen LogP contribution in [-0.2, 0) is 30.6 Å². The van der Waals surface area contributed by atoms with E-state index >= 15 is 0 Å². The zero-order chi connectivity index (χ0) is 26.7. The van der Waals surface area contributed by atoms with Gasteiger partial charge >= 0.3 is 18.1 Å². The van der Waals surface area contributed by atoms with Gasteiger partial charge in [-0.3, -0.25) is 19.8 Å². The molecule has 0 aliphatic carbocycles. The van der Waals surface area contributed by atoms with E-state index in [1.165, 1.54) is 10.9 Å². The molecular formula is C24H20F3N7O4. The number of benzene rings is 1. The molecule has 0 radical (unpaired) electrons. The number of rotatable bonds is 6. The normalized spacial score (nSPS) is 13.7. The van der Waals surface area contributed by atoms with Crippen molar-refractivity contribution >= 4 is 29.2 Å². The Morgan fingerprint density at radius 3 is 2.87 bits per heavy atom. The van der Waals surface area contributed by atoms with Gasteiger partial charge < -0.3 is 19.7 Å². The van der Waals surface area contributed by atoms with Crippen molar-refractivity contribution < 1.29 is 37.0 Å². The lowest BCUT2D eigenvalue weighted by Crippen LogP contribution is -2.35. The Morgan fingerprint density at radius 1 is 1.21 bits per heavy atom. The number of carbonyl (C=O) groups is 1. The molecule has 4 heterocycles. The number of ether oxygens (including phenoxy) is 1. The second-order valence-electron chi connectivity index (χ2n) is 8.27. The van der Waals surface area contributed by atoms with E-state index in [1.54, 1.807) is 36.7 Å². The lowest BCUT2D eigenvalue weighted by Gasteiger charge is -2.19. The van der Waals surface area contributed by atoms with Gasteiger partial charge in [-0.2, -0.15) is 13.2 Å². The predicted molar refractivity (Wildman–Crippen MR) is 124 cm³/mol. The molecular weight excluding hydrogens is 507 g/mol. The third kappa shape index (κ3) is 5.81. The van der Waals surface area contributed by atoms with Crippen molar-refractivity contribution in [2.75, 3.05) is 17.2 Å². The number of amides is 2. The molecule has 4 aromatic rings. The second kappa shape index (κ2) is 10.3. The average molecular weight is 527 g/mol. The fraction of sp³-hybridized carbons (Fsp3) is 0.208. The van der Waals surface area contributed by atoms with Crippen molar-refractivity contribution in [1.82, 2.24) is 14.8 Å². The van der Waals surface area contributed by atoms with Crippen molar-refractivity contribution in [2.24, 2.45) is 4.99 Å². The molecule has 0 fully saturated rings. The van der Waals surface area contributed by atoms with Crippen molar-refractivity contribution in [3.63, 3.8) is 0 Å². The van der Waals surface area contributed by atoms with E-state index in [4.69, 9.17) is 9.26 Å².